The van der Waals surface area contributed by atoms with E-state index in [1.165, 1.54) is 11.8 Å². The largest absolute Gasteiger partial charge is 0.406 e. The molecule has 0 spiro atoms. The average Bonchev–Trinajstić information content (AvgIpc) is 2.08. The van der Waals surface area contributed by atoms with E-state index in [1.807, 2.05) is 20.8 Å². The SMILES string of the molecule is CC(C)CN(CC(F)(F)F)C(=O)CSC(C)(C)C. The molecule has 0 saturated carbocycles. The highest BCUT2D eigenvalue weighted by Gasteiger charge is 2.33. The van der Waals surface area contributed by atoms with E-state index >= 15 is 0 Å². The molecule has 0 saturated heterocycles. The van der Waals surface area contributed by atoms with Gasteiger partial charge in [-0.05, 0) is 5.92 Å². The zero-order chi connectivity index (χ0) is 14.6. The predicted octanol–water partition coefficient (Wildman–Crippen LogP) is 3.57. The van der Waals surface area contributed by atoms with Crippen molar-refractivity contribution in [2.24, 2.45) is 5.92 Å². The first-order valence-electron chi connectivity index (χ1n) is 5.89. The summed E-state index contributed by atoms with van der Waals surface area (Å²) in [5.74, 6) is -0.330. The first-order valence-corrected chi connectivity index (χ1v) is 6.88. The number of hydrogen-bond acceptors (Lipinski definition) is 2. The molecule has 108 valence electrons. The van der Waals surface area contributed by atoms with Crippen molar-refractivity contribution in [1.29, 1.82) is 0 Å². The highest BCUT2D eigenvalue weighted by molar-refractivity contribution is 8.01. The number of carbonyl (C=O) groups is 1. The van der Waals surface area contributed by atoms with Crippen LogP contribution in [0.15, 0.2) is 0 Å². The maximum Gasteiger partial charge on any atom is 0.406 e. The van der Waals surface area contributed by atoms with Crippen LogP contribution in [0.4, 0.5) is 13.2 Å². The van der Waals surface area contributed by atoms with Crippen LogP contribution in [0.1, 0.15) is 34.6 Å². The Balaban J connectivity index is 4.50. The van der Waals surface area contributed by atoms with Crippen molar-refractivity contribution >= 4 is 17.7 Å². The topological polar surface area (TPSA) is 20.3 Å². The van der Waals surface area contributed by atoms with E-state index in [4.69, 9.17) is 0 Å². The van der Waals surface area contributed by atoms with Crippen molar-refractivity contribution in [3.05, 3.63) is 0 Å². The van der Waals surface area contributed by atoms with E-state index in [1.54, 1.807) is 13.8 Å². The summed E-state index contributed by atoms with van der Waals surface area (Å²) in [5, 5.41) is 0. The lowest BCUT2D eigenvalue weighted by Crippen LogP contribution is -2.42. The molecule has 0 fully saturated rings. The highest BCUT2D eigenvalue weighted by Crippen LogP contribution is 2.24. The molecule has 0 aromatic carbocycles. The first kappa shape index (κ1) is 17.6. The molecule has 0 aromatic rings. The molecule has 6 heteroatoms. The predicted molar refractivity (Wildman–Crippen MR) is 69.7 cm³/mol. The zero-order valence-electron chi connectivity index (χ0n) is 11.6. The Hall–Kier alpha value is -0.390. The molecule has 0 aliphatic heterocycles. The molecule has 0 aliphatic carbocycles. The Bertz CT molecular complexity index is 271. The van der Waals surface area contributed by atoms with Gasteiger partial charge in [0, 0.05) is 11.3 Å². The zero-order valence-corrected chi connectivity index (χ0v) is 12.4. The second-order valence-electron chi connectivity index (χ2n) is 5.68. The van der Waals surface area contributed by atoms with Crippen LogP contribution >= 0.6 is 11.8 Å². The molecule has 1 amide bonds. The fraction of sp³-hybridized carbons (Fsp3) is 0.917. The lowest BCUT2D eigenvalue weighted by molar-refractivity contribution is -0.160. The van der Waals surface area contributed by atoms with Gasteiger partial charge in [-0.1, -0.05) is 34.6 Å². The van der Waals surface area contributed by atoms with Crippen LogP contribution in [-0.2, 0) is 4.79 Å². The Labute approximate surface area is 111 Å². The van der Waals surface area contributed by atoms with Gasteiger partial charge in [-0.15, -0.1) is 11.8 Å². The Morgan fingerprint density at radius 2 is 1.72 bits per heavy atom. The van der Waals surface area contributed by atoms with Crippen molar-refractivity contribution in [2.75, 3.05) is 18.8 Å². The average molecular weight is 285 g/mol. The summed E-state index contributed by atoms with van der Waals surface area (Å²) < 4.78 is 37.0. The molecule has 0 bridgehead atoms. The lowest BCUT2D eigenvalue weighted by atomic mass is 10.2. The van der Waals surface area contributed by atoms with Gasteiger partial charge in [-0.25, -0.2) is 0 Å². The molecule has 0 rings (SSSR count). The van der Waals surface area contributed by atoms with E-state index in [2.05, 4.69) is 0 Å². The van der Waals surface area contributed by atoms with E-state index in [0.717, 1.165) is 4.90 Å². The number of halogens is 3. The molecule has 0 radical (unpaired) electrons. The van der Waals surface area contributed by atoms with Crippen molar-refractivity contribution < 1.29 is 18.0 Å². The number of alkyl halides is 3. The van der Waals surface area contributed by atoms with Crippen molar-refractivity contribution in [1.82, 2.24) is 4.90 Å². The molecule has 0 aromatic heterocycles. The molecule has 0 heterocycles. The van der Waals surface area contributed by atoms with Crippen LogP contribution in [0.5, 0.6) is 0 Å². The fourth-order valence-corrected chi connectivity index (χ4v) is 2.02. The second-order valence-corrected chi connectivity index (χ2v) is 7.49. The summed E-state index contributed by atoms with van der Waals surface area (Å²) in [6.07, 6.45) is -4.34. The summed E-state index contributed by atoms with van der Waals surface area (Å²) >= 11 is 1.36. The second kappa shape index (κ2) is 6.68. The molecule has 0 N–H and O–H groups in total. The number of rotatable bonds is 5. The normalized spacial score (nSPS) is 12.9. The maximum atomic E-state index is 12.4. The maximum absolute atomic E-state index is 12.4. The Kier molecular flexibility index (Phi) is 6.54. The minimum absolute atomic E-state index is 0.0240. The third-order valence-electron chi connectivity index (χ3n) is 1.94. The smallest absolute Gasteiger partial charge is 0.333 e. The minimum atomic E-state index is -4.34. The summed E-state index contributed by atoms with van der Waals surface area (Å²) in [5.41, 5.74) is 0. The van der Waals surface area contributed by atoms with Gasteiger partial charge in [0.25, 0.3) is 0 Å². The minimum Gasteiger partial charge on any atom is -0.333 e. The van der Waals surface area contributed by atoms with E-state index < -0.39 is 18.6 Å². The van der Waals surface area contributed by atoms with Crippen molar-refractivity contribution in [3.63, 3.8) is 0 Å². The molecule has 0 aliphatic rings. The van der Waals surface area contributed by atoms with Crippen molar-refractivity contribution in [2.45, 2.75) is 45.5 Å². The van der Waals surface area contributed by atoms with Crippen molar-refractivity contribution in [3.8, 4) is 0 Å². The van der Waals surface area contributed by atoms with Crippen LogP contribution in [-0.4, -0.2) is 40.6 Å². The summed E-state index contributed by atoms with van der Waals surface area (Å²) in [6.45, 7) is 8.38. The quantitative estimate of drug-likeness (QED) is 0.769. The monoisotopic (exact) mass is 285 g/mol. The van der Waals surface area contributed by atoms with Gasteiger partial charge in [0.2, 0.25) is 5.91 Å². The lowest BCUT2D eigenvalue weighted by Gasteiger charge is -2.27. The van der Waals surface area contributed by atoms with Gasteiger partial charge >= 0.3 is 6.18 Å². The summed E-state index contributed by atoms with van der Waals surface area (Å²) in [6, 6.07) is 0. The van der Waals surface area contributed by atoms with E-state index in [-0.39, 0.29) is 23.0 Å². The van der Waals surface area contributed by atoms with Gasteiger partial charge in [0.1, 0.15) is 6.54 Å². The third kappa shape index (κ3) is 9.62. The Morgan fingerprint density at radius 3 is 2.06 bits per heavy atom. The molecular weight excluding hydrogens is 263 g/mol. The molecular formula is C12H22F3NOS. The highest BCUT2D eigenvalue weighted by atomic mass is 32.2. The first-order chi connectivity index (χ1) is 7.91. The van der Waals surface area contributed by atoms with Crippen LogP contribution < -0.4 is 0 Å². The third-order valence-corrected chi connectivity index (χ3v) is 3.19. The van der Waals surface area contributed by atoms with Gasteiger partial charge in [0.15, 0.2) is 0 Å². The molecule has 0 unspecified atom stereocenters. The number of thioether (sulfide) groups is 1. The number of hydrogen-bond donors (Lipinski definition) is 0. The van der Waals surface area contributed by atoms with Crippen LogP contribution in [0.3, 0.4) is 0 Å². The number of carbonyl (C=O) groups excluding carboxylic acids is 1. The number of amides is 1. The molecule has 18 heavy (non-hydrogen) atoms. The van der Waals surface area contributed by atoms with E-state index in [0.29, 0.717) is 0 Å². The van der Waals surface area contributed by atoms with Gasteiger partial charge in [-0.3, -0.25) is 4.79 Å². The standard InChI is InChI=1S/C12H22F3NOS/c1-9(2)6-16(8-12(13,14)15)10(17)7-18-11(3,4)5/h9H,6-8H2,1-5H3. The van der Waals surface area contributed by atoms with Gasteiger partial charge < -0.3 is 4.90 Å². The van der Waals surface area contributed by atoms with Crippen LogP contribution in [0.2, 0.25) is 0 Å². The molecule has 0 atom stereocenters. The van der Waals surface area contributed by atoms with Crippen LogP contribution in [0, 0.1) is 5.92 Å². The van der Waals surface area contributed by atoms with E-state index in [9.17, 15) is 18.0 Å². The van der Waals surface area contributed by atoms with Gasteiger partial charge in [-0.2, -0.15) is 13.2 Å². The summed E-state index contributed by atoms with van der Waals surface area (Å²) in [7, 11) is 0. The fourth-order valence-electron chi connectivity index (χ4n) is 1.28. The molecule has 2 nitrogen and oxygen atoms in total. The number of nitrogens with zero attached hydrogens (tertiary/aromatic N) is 1. The van der Waals surface area contributed by atoms with Gasteiger partial charge in [0.05, 0.1) is 5.75 Å². The Morgan fingerprint density at radius 1 is 1.22 bits per heavy atom. The summed E-state index contributed by atoms with van der Waals surface area (Å²) in [4.78, 5) is 12.7. The van der Waals surface area contributed by atoms with Crippen LogP contribution in [0.25, 0.3) is 0 Å².